The average Bonchev–Trinajstić information content (AvgIpc) is 3.14. The largest absolute Gasteiger partial charge is 0.493 e. The van der Waals surface area contributed by atoms with E-state index in [1.54, 1.807) is 24.3 Å². The molecular weight excluding hydrogens is 368 g/mol. The van der Waals surface area contributed by atoms with E-state index in [1.165, 1.54) is 7.11 Å². The maximum absolute atomic E-state index is 12.7. The second kappa shape index (κ2) is 9.28. The fourth-order valence-electron chi connectivity index (χ4n) is 3.06. The number of aromatic amines is 1. The highest BCUT2D eigenvalue weighted by atomic mass is 16.5. The minimum atomic E-state index is -0.788. The molecule has 1 amide bonds. The molecule has 0 saturated heterocycles. The molecule has 0 aliphatic carbocycles. The number of carbonyl (C=O) groups excluding carboxylic acids is 2. The van der Waals surface area contributed by atoms with Crippen molar-refractivity contribution in [2.45, 2.75) is 26.3 Å². The number of H-pyrrole nitrogens is 1. The molecule has 3 rings (SSSR count). The van der Waals surface area contributed by atoms with Crippen molar-refractivity contribution in [3.8, 4) is 5.75 Å². The molecule has 0 radical (unpaired) electrons. The number of fused-ring (bicyclic) bond motifs is 1. The summed E-state index contributed by atoms with van der Waals surface area (Å²) in [6.45, 7) is 4.76. The number of nitrogens with one attached hydrogen (secondary N) is 2. The minimum Gasteiger partial charge on any atom is -0.493 e. The Morgan fingerprint density at radius 1 is 1.07 bits per heavy atom. The zero-order valence-corrected chi connectivity index (χ0v) is 16.9. The highest BCUT2D eigenvalue weighted by Crippen LogP contribution is 2.20. The van der Waals surface area contributed by atoms with Crippen LogP contribution in [0.2, 0.25) is 0 Å². The van der Waals surface area contributed by atoms with Crippen molar-refractivity contribution in [2.75, 3.05) is 13.7 Å². The molecule has 0 saturated carbocycles. The summed E-state index contributed by atoms with van der Waals surface area (Å²) in [5.74, 6) is 0.304. The topological polar surface area (TPSA) is 80.4 Å². The number of aromatic nitrogens is 1. The van der Waals surface area contributed by atoms with Crippen LogP contribution in [0.3, 0.4) is 0 Å². The first-order valence-corrected chi connectivity index (χ1v) is 9.64. The number of esters is 1. The number of methoxy groups -OCH3 is 1. The van der Waals surface area contributed by atoms with E-state index in [0.29, 0.717) is 30.3 Å². The third kappa shape index (κ3) is 5.16. The van der Waals surface area contributed by atoms with Crippen LogP contribution in [0.15, 0.2) is 54.7 Å². The zero-order chi connectivity index (χ0) is 20.8. The molecule has 0 aliphatic heterocycles. The van der Waals surface area contributed by atoms with E-state index in [9.17, 15) is 9.59 Å². The Morgan fingerprint density at radius 2 is 1.79 bits per heavy atom. The summed E-state index contributed by atoms with van der Waals surface area (Å²) in [7, 11) is 1.32. The van der Waals surface area contributed by atoms with Crippen LogP contribution >= 0.6 is 0 Å². The third-order valence-corrected chi connectivity index (χ3v) is 4.59. The van der Waals surface area contributed by atoms with Crippen LogP contribution in [0.4, 0.5) is 0 Å². The molecule has 0 aliphatic rings. The Kier molecular flexibility index (Phi) is 6.54. The fraction of sp³-hybridized carbons (Fsp3) is 0.304. The molecule has 3 aromatic rings. The maximum atomic E-state index is 12.7. The molecule has 2 aromatic carbocycles. The van der Waals surface area contributed by atoms with Gasteiger partial charge in [0.2, 0.25) is 0 Å². The van der Waals surface area contributed by atoms with Crippen LogP contribution in [0.5, 0.6) is 5.75 Å². The van der Waals surface area contributed by atoms with Crippen molar-refractivity contribution in [3.63, 3.8) is 0 Å². The van der Waals surface area contributed by atoms with Crippen LogP contribution in [-0.4, -0.2) is 36.6 Å². The summed E-state index contributed by atoms with van der Waals surface area (Å²) in [5.41, 5.74) is 2.37. The highest BCUT2D eigenvalue weighted by molar-refractivity contribution is 5.97. The van der Waals surface area contributed by atoms with Crippen molar-refractivity contribution in [1.29, 1.82) is 0 Å². The van der Waals surface area contributed by atoms with E-state index < -0.39 is 12.0 Å². The van der Waals surface area contributed by atoms with Crippen LogP contribution in [0.1, 0.15) is 29.8 Å². The molecule has 29 heavy (non-hydrogen) atoms. The normalized spacial score (nSPS) is 12.0. The van der Waals surface area contributed by atoms with Crippen LogP contribution in [0.25, 0.3) is 10.9 Å². The molecule has 0 fully saturated rings. The number of rotatable bonds is 8. The van der Waals surface area contributed by atoms with Gasteiger partial charge in [-0.25, -0.2) is 4.79 Å². The number of carbonyl (C=O) groups is 2. The summed E-state index contributed by atoms with van der Waals surface area (Å²) in [4.78, 5) is 28.1. The molecule has 2 N–H and O–H groups in total. The lowest BCUT2D eigenvalue weighted by molar-refractivity contribution is -0.142. The quantitative estimate of drug-likeness (QED) is 0.571. The average molecular weight is 394 g/mol. The van der Waals surface area contributed by atoms with E-state index in [0.717, 1.165) is 16.5 Å². The summed E-state index contributed by atoms with van der Waals surface area (Å²) in [6, 6.07) is 13.9. The van der Waals surface area contributed by atoms with E-state index in [1.807, 2.05) is 30.5 Å². The van der Waals surface area contributed by atoms with Gasteiger partial charge in [0.15, 0.2) is 0 Å². The molecule has 0 unspecified atom stereocenters. The number of benzene rings is 2. The zero-order valence-electron chi connectivity index (χ0n) is 16.9. The Labute approximate surface area is 170 Å². The Bertz CT molecular complexity index is 976. The first-order valence-electron chi connectivity index (χ1n) is 9.64. The maximum Gasteiger partial charge on any atom is 0.328 e. The smallest absolute Gasteiger partial charge is 0.328 e. The lowest BCUT2D eigenvalue weighted by atomic mass is 10.0. The predicted octanol–water partition coefficient (Wildman–Crippen LogP) is 3.72. The predicted molar refractivity (Wildman–Crippen MR) is 112 cm³/mol. The van der Waals surface area contributed by atoms with Gasteiger partial charge in [-0.05, 0) is 41.8 Å². The monoisotopic (exact) mass is 394 g/mol. The Hall–Kier alpha value is -3.28. The van der Waals surface area contributed by atoms with E-state index in [2.05, 4.69) is 24.1 Å². The molecule has 6 nitrogen and oxygen atoms in total. The lowest BCUT2D eigenvalue weighted by Gasteiger charge is -2.16. The summed E-state index contributed by atoms with van der Waals surface area (Å²) in [5, 5.41) is 3.80. The van der Waals surface area contributed by atoms with E-state index in [-0.39, 0.29) is 5.91 Å². The lowest BCUT2D eigenvalue weighted by Crippen LogP contribution is -2.43. The summed E-state index contributed by atoms with van der Waals surface area (Å²) >= 11 is 0. The SMILES string of the molecule is COC(=O)[C@@H](Cc1c[nH]c2ccccc12)NC(=O)c1ccc(OCC(C)C)cc1. The number of amides is 1. The molecule has 152 valence electrons. The molecule has 1 heterocycles. The van der Waals surface area contributed by atoms with Crippen molar-refractivity contribution in [3.05, 3.63) is 65.9 Å². The van der Waals surface area contributed by atoms with Gasteiger partial charge in [0.05, 0.1) is 13.7 Å². The standard InChI is InChI=1S/C23H26N2O4/c1-15(2)14-29-18-10-8-16(9-11-18)22(26)25-21(23(27)28-3)12-17-13-24-20-7-5-4-6-19(17)20/h4-11,13,15,21,24H,12,14H2,1-3H3,(H,25,26)/t21-/m1/s1. The van der Waals surface area contributed by atoms with Crippen LogP contribution in [-0.2, 0) is 16.0 Å². The molecule has 0 spiro atoms. The van der Waals surface area contributed by atoms with E-state index >= 15 is 0 Å². The van der Waals surface area contributed by atoms with Gasteiger partial charge < -0.3 is 19.8 Å². The molecule has 0 bridgehead atoms. The first kappa shape index (κ1) is 20.5. The van der Waals surface area contributed by atoms with Crippen molar-refractivity contribution in [2.24, 2.45) is 5.92 Å². The minimum absolute atomic E-state index is 0.331. The van der Waals surface area contributed by atoms with Crippen molar-refractivity contribution >= 4 is 22.8 Å². The fourth-order valence-corrected chi connectivity index (χ4v) is 3.06. The van der Waals surface area contributed by atoms with Gasteiger partial charge >= 0.3 is 5.97 Å². The van der Waals surface area contributed by atoms with Crippen LogP contribution < -0.4 is 10.1 Å². The molecule has 6 heteroatoms. The second-order valence-electron chi connectivity index (χ2n) is 7.34. The number of hydrogen-bond acceptors (Lipinski definition) is 4. The number of ether oxygens (including phenoxy) is 2. The van der Waals surface area contributed by atoms with Gasteiger partial charge in [0.1, 0.15) is 11.8 Å². The summed E-state index contributed by atoms with van der Waals surface area (Å²) < 4.78 is 10.5. The third-order valence-electron chi connectivity index (χ3n) is 4.59. The number of hydrogen-bond donors (Lipinski definition) is 2. The Balaban J connectivity index is 1.71. The van der Waals surface area contributed by atoms with Gasteiger partial charge in [-0.2, -0.15) is 0 Å². The highest BCUT2D eigenvalue weighted by Gasteiger charge is 2.24. The van der Waals surface area contributed by atoms with Gasteiger partial charge in [0, 0.05) is 29.1 Å². The molecule has 1 atom stereocenters. The molecule has 1 aromatic heterocycles. The first-order chi connectivity index (χ1) is 14.0. The van der Waals surface area contributed by atoms with Gasteiger partial charge in [-0.15, -0.1) is 0 Å². The molecular formula is C23H26N2O4. The van der Waals surface area contributed by atoms with Gasteiger partial charge in [0.25, 0.3) is 5.91 Å². The van der Waals surface area contributed by atoms with Gasteiger partial charge in [-0.3, -0.25) is 4.79 Å². The van der Waals surface area contributed by atoms with Gasteiger partial charge in [-0.1, -0.05) is 32.0 Å². The van der Waals surface area contributed by atoms with Crippen LogP contribution in [0, 0.1) is 5.92 Å². The second-order valence-corrected chi connectivity index (χ2v) is 7.34. The summed E-state index contributed by atoms with van der Waals surface area (Å²) in [6.07, 6.45) is 2.19. The Morgan fingerprint density at radius 3 is 2.48 bits per heavy atom. The van der Waals surface area contributed by atoms with Crippen molar-refractivity contribution in [1.82, 2.24) is 10.3 Å². The van der Waals surface area contributed by atoms with E-state index in [4.69, 9.17) is 9.47 Å². The number of para-hydroxylation sites is 1. The van der Waals surface area contributed by atoms with Crippen molar-refractivity contribution < 1.29 is 19.1 Å².